The van der Waals surface area contributed by atoms with E-state index in [1.54, 1.807) is 43.3 Å². The van der Waals surface area contributed by atoms with E-state index in [4.69, 9.17) is 30.5 Å². The highest BCUT2D eigenvalue weighted by Gasteiger charge is 2.18. The fourth-order valence-corrected chi connectivity index (χ4v) is 2.29. The highest BCUT2D eigenvalue weighted by atomic mass is 35.5. The van der Waals surface area contributed by atoms with E-state index in [1.165, 1.54) is 21.3 Å². The monoisotopic (exact) mass is 365 g/mol. The van der Waals surface area contributed by atoms with Crippen molar-refractivity contribution in [3.8, 4) is 23.0 Å². The maximum Gasteiger partial charge on any atom is 0.265 e. The van der Waals surface area contributed by atoms with E-state index in [2.05, 4.69) is 5.32 Å². The van der Waals surface area contributed by atoms with Gasteiger partial charge >= 0.3 is 0 Å². The molecular weight excluding hydrogens is 346 g/mol. The standard InChI is InChI=1S/C18H20ClNO5/c1-11(25-14-7-5-12(19)6-8-14)18(21)20-13-9-15(22-2)17(24-4)16(10-13)23-3/h5-11H,1-4H3,(H,20,21)/t11-/m1/s1. The van der Waals surface area contributed by atoms with Gasteiger partial charge in [0.05, 0.1) is 21.3 Å². The zero-order valence-corrected chi connectivity index (χ0v) is 15.2. The third kappa shape index (κ3) is 4.70. The van der Waals surface area contributed by atoms with Crippen molar-refractivity contribution in [3.05, 3.63) is 41.4 Å². The Balaban J connectivity index is 2.12. The summed E-state index contributed by atoms with van der Waals surface area (Å²) in [5.74, 6) is 1.58. The van der Waals surface area contributed by atoms with Crippen molar-refractivity contribution in [3.63, 3.8) is 0 Å². The molecule has 25 heavy (non-hydrogen) atoms. The Morgan fingerprint density at radius 3 is 2.04 bits per heavy atom. The number of methoxy groups -OCH3 is 3. The van der Waals surface area contributed by atoms with Crippen LogP contribution < -0.4 is 24.3 Å². The number of carbonyl (C=O) groups is 1. The molecule has 0 bridgehead atoms. The fraction of sp³-hybridized carbons (Fsp3) is 0.278. The second-order valence-electron chi connectivity index (χ2n) is 5.12. The zero-order valence-electron chi connectivity index (χ0n) is 14.5. The molecule has 0 fully saturated rings. The summed E-state index contributed by atoms with van der Waals surface area (Å²) in [6.45, 7) is 1.65. The summed E-state index contributed by atoms with van der Waals surface area (Å²) in [6, 6.07) is 10.1. The molecule has 1 amide bonds. The number of rotatable bonds is 7. The zero-order chi connectivity index (χ0) is 18.4. The molecule has 0 saturated heterocycles. The van der Waals surface area contributed by atoms with Crippen LogP contribution in [0.4, 0.5) is 5.69 Å². The van der Waals surface area contributed by atoms with Crippen LogP contribution in [0.2, 0.25) is 5.02 Å². The van der Waals surface area contributed by atoms with Gasteiger partial charge in [-0.2, -0.15) is 0 Å². The fourth-order valence-electron chi connectivity index (χ4n) is 2.17. The molecule has 134 valence electrons. The molecule has 0 aliphatic heterocycles. The summed E-state index contributed by atoms with van der Waals surface area (Å²) in [5, 5.41) is 3.37. The largest absolute Gasteiger partial charge is 0.493 e. The highest BCUT2D eigenvalue weighted by molar-refractivity contribution is 6.30. The number of ether oxygens (including phenoxy) is 4. The highest BCUT2D eigenvalue weighted by Crippen LogP contribution is 2.39. The lowest BCUT2D eigenvalue weighted by atomic mass is 10.2. The van der Waals surface area contributed by atoms with Crippen LogP contribution in [0.25, 0.3) is 0 Å². The minimum Gasteiger partial charge on any atom is -0.493 e. The Hall–Kier alpha value is -2.60. The van der Waals surface area contributed by atoms with Crippen LogP contribution in [0.1, 0.15) is 6.92 Å². The first-order chi connectivity index (χ1) is 12.0. The lowest BCUT2D eigenvalue weighted by Crippen LogP contribution is -2.30. The molecule has 2 rings (SSSR count). The first-order valence-corrected chi connectivity index (χ1v) is 7.89. The second-order valence-corrected chi connectivity index (χ2v) is 5.55. The van der Waals surface area contributed by atoms with E-state index >= 15 is 0 Å². The SMILES string of the molecule is COc1cc(NC(=O)[C@@H](C)Oc2ccc(Cl)cc2)cc(OC)c1OC. The quantitative estimate of drug-likeness (QED) is 0.809. The molecule has 0 saturated carbocycles. The molecule has 0 heterocycles. The molecule has 2 aromatic carbocycles. The maximum atomic E-state index is 12.4. The predicted molar refractivity (Wildman–Crippen MR) is 96.3 cm³/mol. The molecule has 0 spiro atoms. The molecular formula is C18H20ClNO5. The minimum atomic E-state index is -0.708. The lowest BCUT2D eigenvalue weighted by molar-refractivity contribution is -0.122. The summed E-state index contributed by atoms with van der Waals surface area (Å²) in [6.07, 6.45) is -0.708. The predicted octanol–water partition coefficient (Wildman–Crippen LogP) is 3.77. The van der Waals surface area contributed by atoms with Gasteiger partial charge in [0, 0.05) is 22.8 Å². The number of hydrogen-bond donors (Lipinski definition) is 1. The smallest absolute Gasteiger partial charge is 0.265 e. The second kappa shape index (κ2) is 8.48. The van der Waals surface area contributed by atoms with Crippen LogP contribution in [-0.4, -0.2) is 33.3 Å². The molecule has 0 aromatic heterocycles. The molecule has 0 unspecified atom stereocenters. The van der Waals surface area contributed by atoms with E-state index in [0.717, 1.165) is 0 Å². The number of nitrogens with one attached hydrogen (secondary N) is 1. The number of amides is 1. The third-order valence-corrected chi connectivity index (χ3v) is 3.68. The van der Waals surface area contributed by atoms with Gasteiger partial charge in [0.25, 0.3) is 5.91 Å². The van der Waals surface area contributed by atoms with Gasteiger partial charge in [0.1, 0.15) is 5.75 Å². The molecule has 7 heteroatoms. The Kier molecular flexibility index (Phi) is 6.36. The first-order valence-electron chi connectivity index (χ1n) is 7.51. The van der Waals surface area contributed by atoms with Gasteiger partial charge in [-0.25, -0.2) is 0 Å². The number of halogens is 1. The van der Waals surface area contributed by atoms with Crippen molar-refractivity contribution in [2.75, 3.05) is 26.6 Å². The van der Waals surface area contributed by atoms with Crippen LogP contribution in [-0.2, 0) is 4.79 Å². The van der Waals surface area contributed by atoms with Crippen molar-refractivity contribution in [2.45, 2.75) is 13.0 Å². The van der Waals surface area contributed by atoms with Gasteiger partial charge in [0.2, 0.25) is 5.75 Å². The van der Waals surface area contributed by atoms with Gasteiger partial charge in [-0.1, -0.05) is 11.6 Å². The van der Waals surface area contributed by atoms with Gasteiger partial charge in [-0.15, -0.1) is 0 Å². The van der Waals surface area contributed by atoms with Crippen molar-refractivity contribution in [1.29, 1.82) is 0 Å². The molecule has 0 radical (unpaired) electrons. The average molecular weight is 366 g/mol. The topological polar surface area (TPSA) is 66.0 Å². The molecule has 0 aliphatic rings. The summed E-state index contributed by atoms with van der Waals surface area (Å²) in [5.41, 5.74) is 0.506. The first kappa shape index (κ1) is 18.7. The number of carbonyl (C=O) groups excluding carboxylic acids is 1. The summed E-state index contributed by atoms with van der Waals surface area (Å²) < 4.78 is 21.4. The number of benzene rings is 2. The average Bonchev–Trinajstić information content (AvgIpc) is 2.62. The normalized spacial score (nSPS) is 11.4. The van der Waals surface area contributed by atoms with Gasteiger partial charge < -0.3 is 24.3 Å². The minimum absolute atomic E-state index is 0.316. The van der Waals surface area contributed by atoms with Crippen LogP contribution in [0.5, 0.6) is 23.0 Å². The Labute approximate surface area is 151 Å². The van der Waals surface area contributed by atoms with E-state index in [1.807, 2.05) is 0 Å². The van der Waals surface area contributed by atoms with E-state index < -0.39 is 6.10 Å². The Bertz CT molecular complexity index is 708. The molecule has 2 aromatic rings. The van der Waals surface area contributed by atoms with Crippen LogP contribution in [0.3, 0.4) is 0 Å². The molecule has 1 atom stereocenters. The van der Waals surface area contributed by atoms with Crippen LogP contribution in [0, 0.1) is 0 Å². The molecule has 6 nitrogen and oxygen atoms in total. The van der Waals surface area contributed by atoms with Crippen molar-refractivity contribution < 1.29 is 23.7 Å². The van der Waals surface area contributed by atoms with Gasteiger partial charge in [-0.05, 0) is 31.2 Å². The molecule has 0 aliphatic carbocycles. The van der Waals surface area contributed by atoms with E-state index in [0.29, 0.717) is 33.7 Å². The Morgan fingerprint density at radius 1 is 1.00 bits per heavy atom. The van der Waals surface area contributed by atoms with Crippen LogP contribution in [0.15, 0.2) is 36.4 Å². The van der Waals surface area contributed by atoms with Gasteiger partial charge in [-0.3, -0.25) is 4.79 Å². The van der Waals surface area contributed by atoms with Crippen molar-refractivity contribution >= 4 is 23.2 Å². The third-order valence-electron chi connectivity index (χ3n) is 3.43. The van der Waals surface area contributed by atoms with Crippen molar-refractivity contribution in [1.82, 2.24) is 0 Å². The summed E-state index contributed by atoms with van der Waals surface area (Å²) >= 11 is 5.83. The van der Waals surface area contributed by atoms with Gasteiger partial charge in [0.15, 0.2) is 17.6 Å². The van der Waals surface area contributed by atoms with E-state index in [9.17, 15) is 4.79 Å². The van der Waals surface area contributed by atoms with Crippen LogP contribution >= 0.6 is 11.6 Å². The van der Waals surface area contributed by atoms with E-state index in [-0.39, 0.29) is 5.91 Å². The summed E-state index contributed by atoms with van der Waals surface area (Å²) in [4.78, 5) is 12.4. The summed E-state index contributed by atoms with van der Waals surface area (Å²) in [7, 11) is 4.53. The maximum absolute atomic E-state index is 12.4. The number of hydrogen-bond acceptors (Lipinski definition) is 5. The molecule has 1 N–H and O–H groups in total. The Morgan fingerprint density at radius 2 is 1.56 bits per heavy atom. The van der Waals surface area contributed by atoms with Crippen molar-refractivity contribution in [2.24, 2.45) is 0 Å². The lowest BCUT2D eigenvalue weighted by Gasteiger charge is -2.17. The number of anilines is 1.